The van der Waals surface area contributed by atoms with Crippen molar-refractivity contribution in [3.8, 4) is 6.07 Å². The minimum Gasteiger partial charge on any atom is -1.00 e. The number of rotatable bonds is 3. The summed E-state index contributed by atoms with van der Waals surface area (Å²) in [6.45, 7) is 0. The van der Waals surface area contributed by atoms with Crippen molar-refractivity contribution in [3.63, 3.8) is 0 Å². The van der Waals surface area contributed by atoms with Crippen LogP contribution in [0, 0.1) is 11.3 Å². The van der Waals surface area contributed by atoms with E-state index in [9.17, 15) is 0 Å². The van der Waals surface area contributed by atoms with E-state index in [0.29, 0.717) is 6.42 Å². The molecule has 1 aromatic heterocycles. The van der Waals surface area contributed by atoms with Crippen molar-refractivity contribution in [3.05, 3.63) is 18.2 Å². The van der Waals surface area contributed by atoms with Gasteiger partial charge in [-0.25, -0.2) is 9.55 Å². The van der Waals surface area contributed by atoms with Crippen LogP contribution in [0.15, 0.2) is 12.4 Å². The summed E-state index contributed by atoms with van der Waals surface area (Å²) in [5.74, 6) is 1.18. The Kier molecular flexibility index (Phi) is 5.14. The Labute approximate surface area is 78.4 Å². The van der Waals surface area contributed by atoms with Gasteiger partial charge in [0.05, 0.1) is 19.5 Å². The maximum absolute atomic E-state index is 8.30. The second kappa shape index (κ2) is 5.62. The number of hydrogen-bond acceptors (Lipinski definition) is 1. The van der Waals surface area contributed by atoms with Crippen LogP contribution in [0.4, 0.5) is 0 Å². The number of aryl methyl sites for hydroxylation is 2. The van der Waals surface area contributed by atoms with E-state index in [1.54, 1.807) is 0 Å². The van der Waals surface area contributed by atoms with Gasteiger partial charge in [-0.05, 0) is 6.42 Å². The maximum Gasteiger partial charge on any atom is 0.253 e. The highest BCUT2D eigenvalue weighted by Gasteiger charge is 2.04. The third-order valence-corrected chi connectivity index (χ3v) is 1.68. The SMILES string of the molecule is C[n+]1cc[nH]c1CCCC#N.[Cl-]. The van der Waals surface area contributed by atoms with E-state index in [0.717, 1.165) is 12.8 Å². The second-order valence-electron chi connectivity index (χ2n) is 2.53. The summed E-state index contributed by atoms with van der Waals surface area (Å²) in [6.07, 6.45) is 6.41. The van der Waals surface area contributed by atoms with Crippen LogP contribution in [0.2, 0.25) is 0 Å². The van der Waals surface area contributed by atoms with Crippen molar-refractivity contribution in [2.24, 2.45) is 7.05 Å². The summed E-state index contributed by atoms with van der Waals surface area (Å²) in [5.41, 5.74) is 0. The van der Waals surface area contributed by atoms with E-state index in [2.05, 4.69) is 11.1 Å². The number of unbranched alkanes of at least 4 members (excludes halogenated alkanes) is 1. The fraction of sp³-hybridized carbons (Fsp3) is 0.500. The Hall–Kier alpha value is -1.01. The molecule has 1 heterocycles. The topological polar surface area (TPSA) is 43.5 Å². The van der Waals surface area contributed by atoms with E-state index in [1.807, 2.05) is 24.0 Å². The molecule has 0 fully saturated rings. The lowest BCUT2D eigenvalue weighted by Crippen LogP contribution is -3.00. The molecule has 12 heavy (non-hydrogen) atoms. The third kappa shape index (κ3) is 2.93. The van der Waals surface area contributed by atoms with E-state index >= 15 is 0 Å². The highest BCUT2D eigenvalue weighted by Crippen LogP contribution is 1.95. The Morgan fingerprint density at radius 3 is 2.92 bits per heavy atom. The number of imidazole rings is 1. The summed E-state index contributed by atoms with van der Waals surface area (Å²) in [6, 6.07) is 2.13. The zero-order valence-corrected chi connectivity index (χ0v) is 7.80. The van der Waals surface area contributed by atoms with Crippen LogP contribution in [0.5, 0.6) is 0 Å². The van der Waals surface area contributed by atoms with Gasteiger partial charge in [0.1, 0.15) is 12.4 Å². The minimum absolute atomic E-state index is 0. The molecule has 0 saturated heterocycles. The molecule has 0 spiro atoms. The van der Waals surface area contributed by atoms with Gasteiger partial charge in [0.2, 0.25) is 0 Å². The van der Waals surface area contributed by atoms with Crippen molar-refractivity contribution in [1.29, 1.82) is 5.26 Å². The zero-order valence-electron chi connectivity index (χ0n) is 7.05. The normalized spacial score (nSPS) is 8.67. The van der Waals surface area contributed by atoms with Crippen molar-refractivity contribution in [2.45, 2.75) is 19.3 Å². The number of aromatic amines is 1. The molecular weight excluding hydrogens is 174 g/mol. The van der Waals surface area contributed by atoms with E-state index in [1.165, 1.54) is 5.82 Å². The molecular formula is C8H12ClN3. The van der Waals surface area contributed by atoms with Crippen LogP contribution < -0.4 is 17.0 Å². The number of hydrogen-bond donors (Lipinski definition) is 1. The van der Waals surface area contributed by atoms with Crippen LogP contribution in [0.1, 0.15) is 18.7 Å². The Morgan fingerprint density at radius 2 is 2.42 bits per heavy atom. The predicted octanol–water partition coefficient (Wildman–Crippen LogP) is -2.31. The third-order valence-electron chi connectivity index (χ3n) is 1.68. The molecule has 0 atom stereocenters. The standard InChI is InChI=1S/C8H11N3.ClH/c1-11-7-6-10-8(11)4-2-3-5-9;/h6-7H,2-4H2,1H3;1H. The molecule has 0 aliphatic heterocycles. The average Bonchev–Trinajstić information content (AvgIpc) is 2.37. The Bertz CT molecular complexity index is 262. The summed E-state index contributed by atoms with van der Waals surface area (Å²) < 4.78 is 2.04. The van der Waals surface area contributed by atoms with Gasteiger partial charge in [-0.1, -0.05) is 0 Å². The molecule has 0 unspecified atom stereocenters. The summed E-state index contributed by atoms with van der Waals surface area (Å²) in [4.78, 5) is 3.12. The first-order valence-corrected chi connectivity index (χ1v) is 3.73. The van der Waals surface area contributed by atoms with Gasteiger partial charge in [0.15, 0.2) is 0 Å². The molecule has 0 aliphatic rings. The van der Waals surface area contributed by atoms with Crippen LogP contribution in [-0.2, 0) is 13.5 Å². The minimum atomic E-state index is 0. The van der Waals surface area contributed by atoms with Crippen molar-refractivity contribution >= 4 is 0 Å². The lowest BCUT2D eigenvalue weighted by molar-refractivity contribution is -0.677. The quantitative estimate of drug-likeness (QED) is 0.418. The summed E-state index contributed by atoms with van der Waals surface area (Å²) >= 11 is 0. The monoisotopic (exact) mass is 185 g/mol. The fourth-order valence-electron chi connectivity index (χ4n) is 1.02. The first kappa shape index (κ1) is 11.0. The molecule has 0 aliphatic carbocycles. The summed E-state index contributed by atoms with van der Waals surface area (Å²) in [5, 5.41) is 8.30. The first-order chi connectivity index (χ1) is 5.34. The van der Waals surface area contributed by atoms with E-state index in [-0.39, 0.29) is 12.4 Å². The van der Waals surface area contributed by atoms with Gasteiger partial charge in [-0.2, -0.15) is 5.26 Å². The highest BCUT2D eigenvalue weighted by atomic mass is 35.5. The molecule has 4 heteroatoms. The molecule has 66 valence electrons. The van der Waals surface area contributed by atoms with Gasteiger partial charge in [0, 0.05) is 6.42 Å². The van der Waals surface area contributed by atoms with Crippen molar-refractivity contribution in [1.82, 2.24) is 4.98 Å². The molecule has 0 radical (unpaired) electrons. The number of aromatic nitrogens is 2. The lowest BCUT2D eigenvalue weighted by Gasteiger charge is -1.90. The van der Waals surface area contributed by atoms with Crippen LogP contribution >= 0.6 is 0 Å². The number of nitrogens with one attached hydrogen (secondary N) is 1. The number of halogens is 1. The molecule has 3 nitrogen and oxygen atoms in total. The van der Waals surface area contributed by atoms with E-state index in [4.69, 9.17) is 5.26 Å². The van der Waals surface area contributed by atoms with Crippen LogP contribution in [0.25, 0.3) is 0 Å². The van der Waals surface area contributed by atoms with Gasteiger partial charge in [-0.15, -0.1) is 0 Å². The van der Waals surface area contributed by atoms with E-state index < -0.39 is 0 Å². The molecule has 1 aromatic rings. The first-order valence-electron chi connectivity index (χ1n) is 3.73. The highest BCUT2D eigenvalue weighted by molar-refractivity contribution is 4.79. The van der Waals surface area contributed by atoms with Gasteiger partial charge >= 0.3 is 0 Å². The van der Waals surface area contributed by atoms with Gasteiger partial charge < -0.3 is 12.4 Å². The lowest BCUT2D eigenvalue weighted by atomic mass is 10.2. The maximum atomic E-state index is 8.30. The van der Waals surface area contributed by atoms with Gasteiger partial charge in [-0.3, -0.25) is 0 Å². The molecule has 0 saturated carbocycles. The van der Waals surface area contributed by atoms with Crippen LogP contribution in [-0.4, -0.2) is 4.98 Å². The molecule has 1 rings (SSSR count). The second-order valence-corrected chi connectivity index (χ2v) is 2.53. The number of nitrogens with zero attached hydrogens (tertiary/aromatic N) is 2. The Morgan fingerprint density at radius 1 is 1.67 bits per heavy atom. The van der Waals surface area contributed by atoms with Crippen molar-refractivity contribution < 1.29 is 17.0 Å². The van der Waals surface area contributed by atoms with Gasteiger partial charge in [0.25, 0.3) is 5.82 Å². The predicted molar refractivity (Wildman–Crippen MR) is 40.5 cm³/mol. The molecule has 0 amide bonds. The molecule has 1 N–H and O–H groups in total. The largest absolute Gasteiger partial charge is 1.00 e. The molecule has 0 aromatic carbocycles. The van der Waals surface area contributed by atoms with Crippen molar-refractivity contribution in [2.75, 3.05) is 0 Å². The van der Waals surface area contributed by atoms with Crippen LogP contribution in [0.3, 0.4) is 0 Å². The smallest absolute Gasteiger partial charge is 0.253 e. The number of H-pyrrole nitrogens is 1. The average molecular weight is 186 g/mol. The zero-order chi connectivity index (χ0) is 8.10. The number of nitriles is 1. The Balaban J connectivity index is 0.00000121. The summed E-state index contributed by atoms with van der Waals surface area (Å²) in [7, 11) is 2.00. The fourth-order valence-corrected chi connectivity index (χ4v) is 1.02. The molecule has 0 bridgehead atoms.